The molecule has 0 aliphatic carbocycles. The van der Waals surface area contributed by atoms with Gasteiger partial charge in [-0.25, -0.2) is 0 Å². The Morgan fingerprint density at radius 1 is 1.32 bits per heavy atom. The highest BCUT2D eigenvalue weighted by Gasteiger charge is 2.10. The van der Waals surface area contributed by atoms with Crippen molar-refractivity contribution in [1.29, 1.82) is 0 Å². The van der Waals surface area contributed by atoms with E-state index in [1.165, 1.54) is 16.8 Å². The van der Waals surface area contributed by atoms with Crippen molar-refractivity contribution in [3.63, 3.8) is 0 Å². The van der Waals surface area contributed by atoms with Crippen LogP contribution in [0.5, 0.6) is 0 Å². The van der Waals surface area contributed by atoms with Gasteiger partial charge in [-0.2, -0.15) is 5.10 Å². The minimum atomic E-state index is 0.526. The van der Waals surface area contributed by atoms with Crippen LogP contribution < -0.4 is 0 Å². The van der Waals surface area contributed by atoms with Gasteiger partial charge in [0.15, 0.2) is 0 Å². The summed E-state index contributed by atoms with van der Waals surface area (Å²) in [6, 6.07) is 10.8. The van der Waals surface area contributed by atoms with E-state index >= 15 is 0 Å². The summed E-state index contributed by atoms with van der Waals surface area (Å²) in [6.45, 7) is 2.13. The maximum atomic E-state index is 6.11. The van der Waals surface area contributed by atoms with Gasteiger partial charge in [0.25, 0.3) is 0 Å². The molecule has 0 saturated carbocycles. The molecule has 0 N–H and O–H groups in total. The van der Waals surface area contributed by atoms with Crippen molar-refractivity contribution < 1.29 is 0 Å². The van der Waals surface area contributed by atoms with E-state index in [1.807, 2.05) is 17.9 Å². The number of alkyl halides is 1. The lowest BCUT2D eigenvalue weighted by Gasteiger charge is -2.14. The van der Waals surface area contributed by atoms with Crippen LogP contribution in [0.1, 0.15) is 23.2 Å². The van der Waals surface area contributed by atoms with E-state index in [-0.39, 0.29) is 0 Å². The molecule has 0 amide bonds. The molecular formula is C16H21ClN2. The zero-order chi connectivity index (χ0) is 13.7. The fraction of sp³-hybridized carbons (Fsp3) is 0.438. The summed E-state index contributed by atoms with van der Waals surface area (Å²) in [5.74, 6) is 1.24. The quantitative estimate of drug-likeness (QED) is 0.735. The number of benzene rings is 1. The van der Waals surface area contributed by atoms with Crippen LogP contribution >= 0.6 is 11.6 Å². The summed E-state index contributed by atoms with van der Waals surface area (Å²) >= 11 is 6.11. The Kier molecular flexibility index (Phi) is 5.03. The van der Waals surface area contributed by atoms with E-state index in [0.29, 0.717) is 11.8 Å². The highest BCUT2D eigenvalue weighted by Crippen LogP contribution is 2.17. The summed E-state index contributed by atoms with van der Waals surface area (Å²) in [7, 11) is 1.99. The summed E-state index contributed by atoms with van der Waals surface area (Å²) in [5, 5.41) is 4.20. The molecule has 2 nitrogen and oxygen atoms in total. The van der Waals surface area contributed by atoms with Gasteiger partial charge in [-0.15, -0.1) is 11.6 Å². The maximum Gasteiger partial charge on any atom is 0.0492 e. The van der Waals surface area contributed by atoms with E-state index in [2.05, 4.69) is 42.4 Å². The number of hydrogen-bond acceptors (Lipinski definition) is 1. The second-order valence-electron chi connectivity index (χ2n) is 5.20. The van der Waals surface area contributed by atoms with Crippen molar-refractivity contribution >= 4 is 11.6 Å². The van der Waals surface area contributed by atoms with E-state index in [1.54, 1.807) is 0 Å². The van der Waals surface area contributed by atoms with Crippen molar-refractivity contribution in [1.82, 2.24) is 9.78 Å². The highest BCUT2D eigenvalue weighted by molar-refractivity contribution is 6.18. The number of aromatic nitrogens is 2. The van der Waals surface area contributed by atoms with Crippen molar-refractivity contribution in [3.05, 3.63) is 53.3 Å². The van der Waals surface area contributed by atoms with Crippen molar-refractivity contribution in [2.24, 2.45) is 13.0 Å². The van der Waals surface area contributed by atoms with Gasteiger partial charge in [0.1, 0.15) is 0 Å². The van der Waals surface area contributed by atoms with E-state index in [4.69, 9.17) is 11.6 Å². The van der Waals surface area contributed by atoms with Crippen LogP contribution in [0.4, 0.5) is 0 Å². The average molecular weight is 277 g/mol. The molecular weight excluding hydrogens is 256 g/mol. The largest absolute Gasteiger partial charge is 0.273 e. The summed E-state index contributed by atoms with van der Waals surface area (Å²) < 4.78 is 1.94. The summed E-state index contributed by atoms with van der Waals surface area (Å²) in [6.07, 6.45) is 5.06. The van der Waals surface area contributed by atoms with Crippen molar-refractivity contribution in [2.45, 2.75) is 26.2 Å². The van der Waals surface area contributed by atoms with Crippen LogP contribution in [0.2, 0.25) is 0 Å². The second-order valence-corrected chi connectivity index (χ2v) is 5.51. The number of hydrogen-bond donors (Lipinski definition) is 0. The molecule has 0 radical (unpaired) electrons. The normalized spacial score (nSPS) is 12.6. The molecule has 2 aromatic rings. The molecule has 0 bridgehead atoms. The average Bonchev–Trinajstić information content (AvgIpc) is 2.80. The smallest absolute Gasteiger partial charge is 0.0492 e. The van der Waals surface area contributed by atoms with Gasteiger partial charge in [0, 0.05) is 24.8 Å². The third-order valence-corrected chi connectivity index (χ3v) is 3.99. The lowest BCUT2D eigenvalue weighted by atomic mass is 9.95. The molecule has 1 unspecified atom stereocenters. The molecule has 1 atom stereocenters. The molecule has 19 heavy (non-hydrogen) atoms. The minimum absolute atomic E-state index is 0.526. The van der Waals surface area contributed by atoms with E-state index in [9.17, 15) is 0 Å². The Labute approximate surface area is 120 Å². The van der Waals surface area contributed by atoms with Gasteiger partial charge in [-0.05, 0) is 43.7 Å². The topological polar surface area (TPSA) is 17.8 Å². The van der Waals surface area contributed by atoms with Crippen LogP contribution in [0.25, 0.3) is 0 Å². The molecule has 2 rings (SSSR count). The summed E-state index contributed by atoms with van der Waals surface area (Å²) in [5.41, 5.74) is 3.98. The lowest BCUT2D eigenvalue weighted by molar-refractivity contribution is 0.523. The Balaban J connectivity index is 1.92. The Morgan fingerprint density at radius 3 is 2.79 bits per heavy atom. The Hall–Kier alpha value is -1.28. The van der Waals surface area contributed by atoms with Gasteiger partial charge in [0.2, 0.25) is 0 Å². The van der Waals surface area contributed by atoms with Gasteiger partial charge in [-0.1, -0.05) is 29.8 Å². The van der Waals surface area contributed by atoms with Crippen LogP contribution in [0.3, 0.4) is 0 Å². The zero-order valence-electron chi connectivity index (χ0n) is 11.6. The maximum absolute atomic E-state index is 6.11. The number of halogens is 1. The molecule has 102 valence electrons. The fourth-order valence-corrected chi connectivity index (χ4v) is 2.67. The molecule has 0 fully saturated rings. The summed E-state index contributed by atoms with van der Waals surface area (Å²) in [4.78, 5) is 0. The molecule has 3 heteroatoms. The van der Waals surface area contributed by atoms with Gasteiger partial charge in [-0.3, -0.25) is 4.68 Å². The van der Waals surface area contributed by atoms with Crippen molar-refractivity contribution in [3.8, 4) is 0 Å². The highest BCUT2D eigenvalue weighted by atomic mass is 35.5. The molecule has 1 heterocycles. The van der Waals surface area contributed by atoms with Gasteiger partial charge in [0.05, 0.1) is 0 Å². The van der Waals surface area contributed by atoms with Gasteiger partial charge >= 0.3 is 0 Å². The van der Waals surface area contributed by atoms with Crippen LogP contribution in [0.15, 0.2) is 36.5 Å². The van der Waals surface area contributed by atoms with Crippen LogP contribution in [0, 0.1) is 12.8 Å². The molecule has 0 aliphatic heterocycles. The molecule has 1 aromatic carbocycles. The second kappa shape index (κ2) is 6.76. The molecule has 1 aromatic heterocycles. The SMILES string of the molecule is Cc1cccc(CC(CCl)CCc2ccnn2C)c1. The monoisotopic (exact) mass is 276 g/mol. The lowest BCUT2D eigenvalue weighted by Crippen LogP contribution is -2.09. The predicted molar refractivity (Wildman–Crippen MR) is 80.6 cm³/mol. The van der Waals surface area contributed by atoms with E-state index < -0.39 is 0 Å². The molecule has 0 aliphatic rings. The standard InChI is InChI=1S/C16H21ClN2/c1-13-4-3-5-14(10-13)11-15(12-17)6-7-16-8-9-18-19(16)2/h3-5,8-10,15H,6-7,11-12H2,1-2H3. The van der Waals surface area contributed by atoms with Crippen LogP contribution in [-0.4, -0.2) is 15.7 Å². The van der Waals surface area contributed by atoms with Crippen molar-refractivity contribution in [2.75, 3.05) is 5.88 Å². The predicted octanol–water partition coefficient (Wildman–Crippen LogP) is 3.76. The first-order valence-corrected chi connectivity index (χ1v) is 7.31. The van der Waals surface area contributed by atoms with Gasteiger partial charge < -0.3 is 0 Å². The zero-order valence-corrected chi connectivity index (χ0v) is 12.4. The Morgan fingerprint density at radius 2 is 2.16 bits per heavy atom. The van der Waals surface area contributed by atoms with E-state index in [0.717, 1.165) is 19.3 Å². The Bertz CT molecular complexity index is 519. The molecule has 0 spiro atoms. The number of nitrogens with zero attached hydrogens (tertiary/aromatic N) is 2. The minimum Gasteiger partial charge on any atom is -0.273 e. The van der Waals surface area contributed by atoms with Crippen LogP contribution in [-0.2, 0) is 19.9 Å². The number of rotatable bonds is 6. The third kappa shape index (κ3) is 4.10. The number of aryl methyl sites for hydroxylation is 3. The fourth-order valence-electron chi connectivity index (χ4n) is 2.40. The molecule has 0 saturated heterocycles. The first-order valence-electron chi connectivity index (χ1n) is 6.77. The first kappa shape index (κ1) is 14.1. The third-order valence-electron chi connectivity index (χ3n) is 3.56. The first-order chi connectivity index (χ1) is 9.19.